The van der Waals surface area contributed by atoms with Crippen molar-refractivity contribution < 1.29 is 29.1 Å². The van der Waals surface area contributed by atoms with E-state index in [-0.39, 0.29) is 51.9 Å². The summed E-state index contributed by atoms with van der Waals surface area (Å²) in [7, 11) is 0. The van der Waals surface area contributed by atoms with Crippen molar-refractivity contribution in [2.75, 3.05) is 0 Å². The number of pyridine rings is 4. The number of carbonyl (C=O) groups excluding carboxylic acids is 4. The van der Waals surface area contributed by atoms with E-state index in [2.05, 4.69) is 19.9 Å². The number of carboxylic acids is 1. The van der Waals surface area contributed by atoms with Crippen LogP contribution in [0.5, 0.6) is 0 Å². The van der Waals surface area contributed by atoms with Gasteiger partial charge in [0, 0.05) is 35.3 Å². The van der Waals surface area contributed by atoms with Crippen molar-refractivity contribution in [2.45, 2.75) is 0 Å². The molecular formula is C25H14N4O6. The molecule has 0 aliphatic rings. The molecule has 0 amide bonds. The maximum absolute atomic E-state index is 12.1. The smallest absolute Gasteiger partial charge is 0.338 e. The minimum Gasteiger partial charge on any atom is -0.478 e. The van der Waals surface area contributed by atoms with E-state index in [9.17, 15) is 29.1 Å². The molecular weight excluding hydrogens is 452 g/mol. The van der Waals surface area contributed by atoms with Crippen LogP contribution >= 0.6 is 0 Å². The third-order valence-corrected chi connectivity index (χ3v) is 5.18. The van der Waals surface area contributed by atoms with Gasteiger partial charge in [-0.2, -0.15) is 0 Å². The second kappa shape index (κ2) is 9.71. The van der Waals surface area contributed by atoms with Crippen LogP contribution in [0.15, 0.2) is 55.0 Å². The summed E-state index contributed by atoms with van der Waals surface area (Å²) in [6, 6.07) is 9.93. The Labute approximate surface area is 197 Å². The predicted molar refractivity (Wildman–Crippen MR) is 122 cm³/mol. The summed E-state index contributed by atoms with van der Waals surface area (Å²) in [5, 5.41) is 9.42. The predicted octanol–water partition coefficient (Wildman–Crippen LogP) is 3.22. The molecule has 0 aromatic carbocycles. The first-order chi connectivity index (χ1) is 17.0. The number of aromatic carboxylic acids is 1. The second-order valence-electron chi connectivity index (χ2n) is 7.06. The van der Waals surface area contributed by atoms with Crippen LogP contribution in [0.2, 0.25) is 0 Å². The van der Waals surface area contributed by atoms with Crippen LogP contribution in [0.3, 0.4) is 0 Å². The highest BCUT2D eigenvalue weighted by atomic mass is 16.4. The molecule has 0 bridgehead atoms. The molecule has 10 heteroatoms. The topological polar surface area (TPSA) is 157 Å². The Morgan fingerprint density at radius 2 is 1.29 bits per heavy atom. The molecule has 170 valence electrons. The first kappa shape index (κ1) is 22.9. The van der Waals surface area contributed by atoms with Crippen LogP contribution in [0, 0.1) is 0 Å². The number of aldehydes is 4. The van der Waals surface area contributed by atoms with Gasteiger partial charge in [-0.25, -0.2) is 9.78 Å². The van der Waals surface area contributed by atoms with Crippen molar-refractivity contribution in [3.05, 3.63) is 82.9 Å². The number of nitrogens with zero attached hydrogens (tertiary/aromatic N) is 4. The van der Waals surface area contributed by atoms with Gasteiger partial charge in [-0.1, -0.05) is 12.1 Å². The van der Waals surface area contributed by atoms with E-state index in [0.717, 1.165) is 6.20 Å². The average molecular weight is 466 g/mol. The molecule has 4 heterocycles. The minimum absolute atomic E-state index is 0.0563. The summed E-state index contributed by atoms with van der Waals surface area (Å²) in [5.74, 6) is -1.45. The Balaban J connectivity index is 2.24. The van der Waals surface area contributed by atoms with Crippen LogP contribution in [-0.4, -0.2) is 56.2 Å². The summed E-state index contributed by atoms with van der Waals surface area (Å²) in [6.07, 6.45) is 5.27. The lowest BCUT2D eigenvalue weighted by molar-refractivity contribution is 0.0693. The van der Waals surface area contributed by atoms with Crippen molar-refractivity contribution in [3.63, 3.8) is 0 Å². The summed E-state index contributed by atoms with van der Waals surface area (Å²) in [5.41, 5.74) is -0.716. The number of rotatable bonds is 8. The number of carboxylic acid groups (broad SMARTS) is 1. The highest BCUT2D eigenvalue weighted by molar-refractivity contribution is 6.08. The Kier molecular flexibility index (Phi) is 6.36. The zero-order valence-corrected chi connectivity index (χ0v) is 17.8. The fourth-order valence-corrected chi connectivity index (χ4v) is 3.68. The summed E-state index contributed by atoms with van der Waals surface area (Å²) in [4.78, 5) is 76.5. The van der Waals surface area contributed by atoms with E-state index in [1.54, 1.807) is 36.4 Å². The van der Waals surface area contributed by atoms with E-state index in [4.69, 9.17) is 0 Å². The number of aromatic nitrogens is 4. The molecule has 0 saturated carbocycles. The van der Waals surface area contributed by atoms with E-state index in [0.29, 0.717) is 24.0 Å². The van der Waals surface area contributed by atoms with Crippen molar-refractivity contribution in [1.29, 1.82) is 0 Å². The van der Waals surface area contributed by atoms with Crippen molar-refractivity contribution in [3.8, 4) is 33.9 Å². The molecule has 0 radical (unpaired) electrons. The fraction of sp³-hybridized carbons (Fsp3) is 0. The molecule has 0 spiro atoms. The molecule has 35 heavy (non-hydrogen) atoms. The van der Waals surface area contributed by atoms with E-state index in [1.165, 1.54) is 12.4 Å². The molecule has 0 saturated heterocycles. The lowest BCUT2D eigenvalue weighted by Gasteiger charge is -2.18. The van der Waals surface area contributed by atoms with Gasteiger partial charge in [0.15, 0.2) is 25.1 Å². The molecule has 4 rings (SSSR count). The molecule has 0 atom stereocenters. The highest BCUT2D eigenvalue weighted by Gasteiger charge is 2.28. The van der Waals surface area contributed by atoms with Crippen LogP contribution < -0.4 is 0 Å². The van der Waals surface area contributed by atoms with Crippen LogP contribution in [0.4, 0.5) is 0 Å². The summed E-state index contributed by atoms with van der Waals surface area (Å²) in [6.45, 7) is 0. The Bertz CT molecular complexity index is 1490. The SMILES string of the molecule is O=Cc1nc(-c2ncc(C(=O)O)c(C=O)c2C=O)c(-c2ccccn2)c(-c2ccccn2)c1C=O. The Hall–Kier alpha value is -5.25. The summed E-state index contributed by atoms with van der Waals surface area (Å²) >= 11 is 0. The van der Waals surface area contributed by atoms with Gasteiger partial charge in [0.2, 0.25) is 0 Å². The molecule has 0 unspecified atom stereocenters. The number of hydrogen-bond donors (Lipinski definition) is 1. The zero-order chi connectivity index (χ0) is 24.9. The van der Waals surface area contributed by atoms with E-state index < -0.39 is 17.1 Å². The maximum atomic E-state index is 12.1. The fourth-order valence-electron chi connectivity index (χ4n) is 3.68. The molecule has 10 nitrogen and oxygen atoms in total. The van der Waals surface area contributed by atoms with Gasteiger partial charge in [-0.05, 0) is 24.3 Å². The first-order valence-corrected chi connectivity index (χ1v) is 10.0. The molecule has 4 aromatic heterocycles. The molecule has 1 N–H and O–H groups in total. The molecule has 0 aliphatic carbocycles. The first-order valence-electron chi connectivity index (χ1n) is 10.0. The van der Waals surface area contributed by atoms with Gasteiger partial charge >= 0.3 is 5.97 Å². The third kappa shape index (κ3) is 4.00. The van der Waals surface area contributed by atoms with Gasteiger partial charge in [0.25, 0.3) is 0 Å². The minimum atomic E-state index is -1.45. The second-order valence-corrected chi connectivity index (χ2v) is 7.06. The quantitative estimate of drug-likeness (QED) is 0.382. The molecule has 0 aliphatic heterocycles. The van der Waals surface area contributed by atoms with Gasteiger partial charge in [-0.15, -0.1) is 0 Å². The van der Waals surface area contributed by atoms with Gasteiger partial charge in [0.05, 0.1) is 28.1 Å². The van der Waals surface area contributed by atoms with Crippen molar-refractivity contribution >= 4 is 31.1 Å². The van der Waals surface area contributed by atoms with Crippen molar-refractivity contribution in [1.82, 2.24) is 19.9 Å². The third-order valence-electron chi connectivity index (χ3n) is 5.18. The van der Waals surface area contributed by atoms with Gasteiger partial charge < -0.3 is 5.11 Å². The monoisotopic (exact) mass is 466 g/mol. The standard InChI is InChI=1S/C25H14N4O6/c30-10-15-14(25(34)35)9-28-23(16(15)11-31)24-22(19-6-2-4-8-27-19)21(18-5-1-3-7-26-18)17(12-32)20(13-33)29-24/h1-13H,(H,34,35). The summed E-state index contributed by atoms with van der Waals surface area (Å²) < 4.78 is 0. The number of hydrogen-bond acceptors (Lipinski definition) is 9. The Morgan fingerprint density at radius 3 is 1.77 bits per heavy atom. The zero-order valence-electron chi connectivity index (χ0n) is 17.8. The van der Waals surface area contributed by atoms with E-state index >= 15 is 0 Å². The normalized spacial score (nSPS) is 10.4. The largest absolute Gasteiger partial charge is 0.478 e. The average Bonchev–Trinajstić information content (AvgIpc) is 2.91. The molecule has 4 aromatic rings. The van der Waals surface area contributed by atoms with Crippen molar-refractivity contribution in [2.24, 2.45) is 0 Å². The van der Waals surface area contributed by atoms with Gasteiger partial charge in [-0.3, -0.25) is 34.1 Å². The maximum Gasteiger partial charge on any atom is 0.338 e. The van der Waals surface area contributed by atoms with Crippen LogP contribution in [0.1, 0.15) is 51.9 Å². The lowest BCUT2D eigenvalue weighted by atomic mass is 9.90. The number of carbonyl (C=O) groups is 5. The molecule has 0 fully saturated rings. The Morgan fingerprint density at radius 1 is 0.686 bits per heavy atom. The van der Waals surface area contributed by atoms with Crippen LogP contribution in [0.25, 0.3) is 33.9 Å². The van der Waals surface area contributed by atoms with E-state index in [1.807, 2.05) is 0 Å². The lowest BCUT2D eigenvalue weighted by Crippen LogP contribution is -2.11. The van der Waals surface area contributed by atoms with Gasteiger partial charge in [0.1, 0.15) is 17.1 Å². The highest BCUT2D eigenvalue weighted by Crippen LogP contribution is 2.40. The van der Waals surface area contributed by atoms with Crippen LogP contribution in [-0.2, 0) is 0 Å².